The lowest BCUT2D eigenvalue weighted by Crippen LogP contribution is -2.41. The van der Waals surface area contributed by atoms with Crippen LogP contribution in [0.5, 0.6) is 0 Å². The summed E-state index contributed by atoms with van der Waals surface area (Å²) in [5.74, 6) is 0. The van der Waals surface area contributed by atoms with Crippen LogP contribution in [0.25, 0.3) is 11.0 Å². The second-order valence-corrected chi connectivity index (χ2v) is 5.98. The largest absolute Gasteiger partial charge is 0.394 e. The summed E-state index contributed by atoms with van der Waals surface area (Å²) in [7, 11) is 1.59. The predicted molar refractivity (Wildman–Crippen MR) is 103 cm³/mol. The minimum atomic E-state index is -1.60. The highest BCUT2D eigenvalue weighted by Crippen LogP contribution is 2.12. The zero-order valence-electron chi connectivity index (χ0n) is 14.6. The van der Waals surface area contributed by atoms with Crippen molar-refractivity contribution in [2.45, 2.75) is 12.2 Å². The van der Waals surface area contributed by atoms with Gasteiger partial charge < -0.3 is 19.9 Å². The summed E-state index contributed by atoms with van der Waals surface area (Å²) in [6, 6.07) is 16.0. The second kappa shape index (κ2) is 8.09. The molecule has 1 aromatic heterocycles. The maximum atomic E-state index is 12.8. The van der Waals surface area contributed by atoms with Crippen molar-refractivity contribution >= 4 is 22.4 Å². The molecule has 0 aliphatic carbocycles. The fraction of sp³-hybridized carbons (Fsp3) is 0.211. The number of anilines is 1. The second-order valence-electron chi connectivity index (χ2n) is 5.98. The summed E-state index contributed by atoms with van der Waals surface area (Å²) in [5.41, 5.74) is 3.78. The molecule has 8 nitrogen and oxygen atoms in total. The highest BCUT2D eigenvalue weighted by molar-refractivity contribution is 6.03. The van der Waals surface area contributed by atoms with Crippen LogP contribution < -0.4 is 11.0 Å². The summed E-state index contributed by atoms with van der Waals surface area (Å²) in [6.45, 7) is -0.695. The van der Waals surface area contributed by atoms with Crippen molar-refractivity contribution in [2.24, 2.45) is 12.1 Å². The van der Waals surface area contributed by atoms with Crippen LogP contribution in [0, 0.1) is 0 Å². The Kier molecular flexibility index (Phi) is 5.60. The average Bonchev–Trinajstić information content (AvgIpc) is 2.71. The van der Waals surface area contributed by atoms with Crippen molar-refractivity contribution in [3.8, 4) is 0 Å². The SMILES string of the molecule is Cn1c(=O)c(/C(=N\Nc2ccccc2)C(O)C(O)CO)nc2ccccc21. The smallest absolute Gasteiger partial charge is 0.278 e. The summed E-state index contributed by atoms with van der Waals surface area (Å²) >= 11 is 0. The fourth-order valence-corrected chi connectivity index (χ4v) is 2.62. The Morgan fingerprint density at radius 1 is 1.15 bits per heavy atom. The van der Waals surface area contributed by atoms with Crippen molar-refractivity contribution in [3.63, 3.8) is 0 Å². The molecule has 0 spiro atoms. The Labute approximate surface area is 155 Å². The molecule has 140 valence electrons. The van der Waals surface area contributed by atoms with Crippen molar-refractivity contribution in [3.05, 3.63) is 70.6 Å². The molecule has 27 heavy (non-hydrogen) atoms. The first-order valence-electron chi connectivity index (χ1n) is 8.34. The van der Waals surface area contributed by atoms with Crippen molar-refractivity contribution in [1.82, 2.24) is 9.55 Å². The van der Waals surface area contributed by atoms with Gasteiger partial charge in [-0.05, 0) is 24.3 Å². The molecule has 0 saturated heterocycles. The number of benzene rings is 2. The highest BCUT2D eigenvalue weighted by atomic mass is 16.4. The standard InChI is InChI=1S/C19H20N4O4/c1-23-14-10-6-5-9-13(14)20-17(19(23)27)16(18(26)15(25)11-24)22-21-12-7-3-2-4-8-12/h2-10,15,18,21,24-26H,11H2,1H3/b22-16+. The number of nitrogens with one attached hydrogen (secondary N) is 1. The number of para-hydroxylation sites is 3. The van der Waals surface area contributed by atoms with Gasteiger partial charge in [-0.15, -0.1) is 0 Å². The minimum Gasteiger partial charge on any atom is -0.394 e. The van der Waals surface area contributed by atoms with Crippen LogP contribution in [-0.4, -0.2) is 49.4 Å². The first-order chi connectivity index (χ1) is 13.0. The summed E-state index contributed by atoms with van der Waals surface area (Å²) in [5, 5.41) is 33.6. The van der Waals surface area contributed by atoms with Crippen LogP contribution in [0.4, 0.5) is 5.69 Å². The van der Waals surface area contributed by atoms with E-state index < -0.39 is 24.4 Å². The number of hydrazone groups is 1. The molecule has 8 heteroatoms. The number of aromatic nitrogens is 2. The molecule has 0 aliphatic rings. The Balaban J connectivity index is 2.14. The first-order valence-corrected chi connectivity index (χ1v) is 8.34. The van der Waals surface area contributed by atoms with Crippen molar-refractivity contribution in [1.29, 1.82) is 0 Å². The van der Waals surface area contributed by atoms with E-state index in [2.05, 4.69) is 15.5 Å². The van der Waals surface area contributed by atoms with Crippen LogP contribution in [0.3, 0.4) is 0 Å². The van der Waals surface area contributed by atoms with Gasteiger partial charge in [-0.1, -0.05) is 30.3 Å². The lowest BCUT2D eigenvalue weighted by atomic mass is 10.1. The van der Waals surface area contributed by atoms with Gasteiger partial charge in [-0.25, -0.2) is 4.98 Å². The minimum absolute atomic E-state index is 0.111. The summed E-state index contributed by atoms with van der Waals surface area (Å²) in [6.07, 6.45) is -3.12. The number of aliphatic hydroxyl groups is 3. The van der Waals surface area contributed by atoms with E-state index in [1.54, 1.807) is 55.6 Å². The molecule has 0 aliphatic heterocycles. The zero-order chi connectivity index (χ0) is 19.4. The molecule has 3 rings (SSSR count). The van der Waals surface area contributed by atoms with Gasteiger partial charge in [0.05, 0.1) is 23.3 Å². The van der Waals surface area contributed by atoms with Crippen LogP contribution in [0.1, 0.15) is 5.69 Å². The third-order valence-corrected chi connectivity index (χ3v) is 4.14. The molecular weight excluding hydrogens is 348 g/mol. The number of nitrogens with zero attached hydrogens (tertiary/aromatic N) is 3. The fourth-order valence-electron chi connectivity index (χ4n) is 2.62. The maximum Gasteiger partial charge on any atom is 0.278 e. The van der Waals surface area contributed by atoms with E-state index in [9.17, 15) is 20.1 Å². The number of fused-ring (bicyclic) bond motifs is 1. The van der Waals surface area contributed by atoms with Crippen molar-refractivity contribution < 1.29 is 15.3 Å². The predicted octanol–water partition coefficient (Wildman–Crippen LogP) is 0.464. The van der Waals surface area contributed by atoms with Crippen LogP contribution in [0.15, 0.2) is 64.5 Å². The Morgan fingerprint density at radius 2 is 1.81 bits per heavy atom. The van der Waals surface area contributed by atoms with E-state index in [-0.39, 0.29) is 11.4 Å². The molecular formula is C19H20N4O4. The van der Waals surface area contributed by atoms with Gasteiger partial charge in [-0.2, -0.15) is 5.10 Å². The lowest BCUT2D eigenvalue weighted by Gasteiger charge is -2.18. The molecule has 3 aromatic rings. The zero-order valence-corrected chi connectivity index (χ0v) is 14.6. The van der Waals surface area contributed by atoms with Crippen LogP contribution in [-0.2, 0) is 7.05 Å². The van der Waals surface area contributed by atoms with Gasteiger partial charge in [0, 0.05) is 7.05 Å². The van der Waals surface area contributed by atoms with E-state index in [1.807, 2.05) is 6.07 Å². The third kappa shape index (κ3) is 3.87. The van der Waals surface area contributed by atoms with E-state index in [0.29, 0.717) is 16.7 Å². The molecule has 1 heterocycles. The average molecular weight is 368 g/mol. The van der Waals surface area contributed by atoms with Gasteiger partial charge in [0.2, 0.25) is 0 Å². The Bertz CT molecular complexity index is 1020. The number of aryl methyl sites for hydroxylation is 1. The molecule has 2 atom stereocenters. The van der Waals surface area contributed by atoms with Crippen molar-refractivity contribution in [2.75, 3.05) is 12.0 Å². The Hall–Kier alpha value is -3.07. The quantitative estimate of drug-likeness (QED) is 0.371. The molecule has 2 unspecified atom stereocenters. The maximum absolute atomic E-state index is 12.8. The van der Waals surface area contributed by atoms with Gasteiger partial charge in [0.1, 0.15) is 17.9 Å². The van der Waals surface area contributed by atoms with Gasteiger partial charge in [0.25, 0.3) is 5.56 Å². The molecule has 2 aromatic carbocycles. The number of rotatable bonds is 6. The van der Waals surface area contributed by atoms with Crippen LogP contribution in [0.2, 0.25) is 0 Å². The normalized spacial score (nSPS) is 14.1. The topological polar surface area (TPSA) is 120 Å². The van der Waals surface area contributed by atoms with E-state index in [0.717, 1.165) is 0 Å². The molecule has 0 radical (unpaired) electrons. The molecule has 0 amide bonds. The molecule has 0 saturated carbocycles. The Morgan fingerprint density at radius 3 is 2.52 bits per heavy atom. The van der Waals surface area contributed by atoms with E-state index in [1.165, 1.54) is 4.57 Å². The number of hydrogen-bond acceptors (Lipinski definition) is 7. The molecule has 0 bridgehead atoms. The van der Waals surface area contributed by atoms with E-state index >= 15 is 0 Å². The van der Waals surface area contributed by atoms with Gasteiger partial charge >= 0.3 is 0 Å². The van der Waals surface area contributed by atoms with Gasteiger partial charge in [-0.3, -0.25) is 10.2 Å². The molecule has 4 N–H and O–H groups in total. The number of hydrogen-bond donors (Lipinski definition) is 4. The summed E-state index contributed by atoms with van der Waals surface area (Å²) in [4.78, 5) is 17.1. The lowest BCUT2D eigenvalue weighted by molar-refractivity contribution is 0.0184. The van der Waals surface area contributed by atoms with Crippen LogP contribution >= 0.6 is 0 Å². The van der Waals surface area contributed by atoms with Gasteiger partial charge in [0.15, 0.2) is 5.69 Å². The molecule has 0 fully saturated rings. The third-order valence-electron chi connectivity index (χ3n) is 4.14. The summed E-state index contributed by atoms with van der Waals surface area (Å²) < 4.78 is 1.40. The first kappa shape index (κ1) is 18.7. The van der Waals surface area contributed by atoms with E-state index in [4.69, 9.17) is 0 Å². The monoisotopic (exact) mass is 368 g/mol. The highest BCUT2D eigenvalue weighted by Gasteiger charge is 2.27. The number of aliphatic hydroxyl groups excluding tert-OH is 3.